The number of anilines is 1. The molecule has 1 aromatic carbocycles. The minimum Gasteiger partial charge on any atom is -0.383 e. The highest BCUT2D eigenvalue weighted by Gasteiger charge is 2.08. The van der Waals surface area contributed by atoms with E-state index in [1.165, 1.54) is 4.90 Å². The molecule has 1 aliphatic rings. The summed E-state index contributed by atoms with van der Waals surface area (Å²) < 4.78 is 0. The topological polar surface area (TPSA) is 29.1 Å². The SMILES string of the molecule is Cl.O=Cc1ccc2c(c1)NCCS2. The molecule has 0 bridgehead atoms. The highest BCUT2D eigenvalue weighted by atomic mass is 35.5. The predicted octanol–water partition coefficient (Wildman–Crippen LogP) is 2.44. The van der Waals surface area contributed by atoms with E-state index in [1.54, 1.807) is 0 Å². The van der Waals surface area contributed by atoms with Crippen molar-refractivity contribution in [1.82, 2.24) is 0 Å². The van der Waals surface area contributed by atoms with Crippen LogP contribution in [0.1, 0.15) is 10.4 Å². The largest absolute Gasteiger partial charge is 0.383 e. The molecule has 70 valence electrons. The van der Waals surface area contributed by atoms with Gasteiger partial charge in [-0.15, -0.1) is 24.2 Å². The van der Waals surface area contributed by atoms with Gasteiger partial charge in [-0.1, -0.05) is 6.07 Å². The van der Waals surface area contributed by atoms with Crippen LogP contribution in [0.2, 0.25) is 0 Å². The summed E-state index contributed by atoms with van der Waals surface area (Å²) in [6.45, 7) is 0.986. The number of nitrogens with one attached hydrogen (secondary N) is 1. The molecule has 1 N–H and O–H groups in total. The van der Waals surface area contributed by atoms with E-state index < -0.39 is 0 Å². The molecule has 0 amide bonds. The Bertz CT molecular complexity index is 316. The van der Waals surface area contributed by atoms with Gasteiger partial charge in [-0.2, -0.15) is 0 Å². The number of hydrogen-bond donors (Lipinski definition) is 1. The van der Waals surface area contributed by atoms with Crippen molar-refractivity contribution in [3.63, 3.8) is 0 Å². The Balaban J connectivity index is 0.000000845. The van der Waals surface area contributed by atoms with Gasteiger partial charge >= 0.3 is 0 Å². The molecule has 0 radical (unpaired) electrons. The van der Waals surface area contributed by atoms with Crippen molar-refractivity contribution in [2.75, 3.05) is 17.6 Å². The van der Waals surface area contributed by atoms with Crippen molar-refractivity contribution in [3.8, 4) is 0 Å². The molecule has 2 nitrogen and oxygen atoms in total. The van der Waals surface area contributed by atoms with Crippen molar-refractivity contribution in [2.45, 2.75) is 4.90 Å². The van der Waals surface area contributed by atoms with Crippen LogP contribution in [0.25, 0.3) is 0 Å². The lowest BCUT2D eigenvalue weighted by Gasteiger charge is -2.16. The molecule has 2 rings (SSSR count). The van der Waals surface area contributed by atoms with E-state index in [9.17, 15) is 4.79 Å². The molecule has 1 aromatic rings. The van der Waals surface area contributed by atoms with Gasteiger partial charge in [0.1, 0.15) is 6.29 Å². The first-order valence-corrected chi connectivity index (χ1v) is 4.84. The zero-order chi connectivity index (χ0) is 8.39. The normalized spacial score (nSPS) is 13.5. The lowest BCUT2D eigenvalue weighted by atomic mass is 10.2. The van der Waals surface area contributed by atoms with E-state index in [1.807, 2.05) is 30.0 Å². The molecule has 1 aliphatic heterocycles. The van der Waals surface area contributed by atoms with Crippen molar-refractivity contribution >= 4 is 36.1 Å². The van der Waals surface area contributed by atoms with Gasteiger partial charge in [0.05, 0.1) is 0 Å². The lowest BCUT2D eigenvalue weighted by molar-refractivity contribution is 0.112. The van der Waals surface area contributed by atoms with Crippen molar-refractivity contribution in [2.24, 2.45) is 0 Å². The van der Waals surface area contributed by atoms with Crippen LogP contribution >= 0.6 is 24.2 Å². The molecule has 0 aromatic heterocycles. The van der Waals surface area contributed by atoms with E-state index in [-0.39, 0.29) is 12.4 Å². The van der Waals surface area contributed by atoms with Gasteiger partial charge in [0.15, 0.2) is 0 Å². The Morgan fingerprint density at radius 3 is 3.08 bits per heavy atom. The van der Waals surface area contributed by atoms with Gasteiger partial charge in [-0.05, 0) is 12.1 Å². The zero-order valence-corrected chi connectivity index (χ0v) is 8.58. The van der Waals surface area contributed by atoms with Crippen molar-refractivity contribution in [1.29, 1.82) is 0 Å². The Morgan fingerprint density at radius 2 is 2.31 bits per heavy atom. The van der Waals surface area contributed by atoms with E-state index in [2.05, 4.69) is 5.32 Å². The molecule has 0 saturated carbocycles. The quantitative estimate of drug-likeness (QED) is 0.730. The van der Waals surface area contributed by atoms with Crippen molar-refractivity contribution < 1.29 is 4.79 Å². The maximum Gasteiger partial charge on any atom is 0.150 e. The third-order valence-electron chi connectivity index (χ3n) is 1.81. The molecule has 0 unspecified atom stereocenters. The summed E-state index contributed by atoms with van der Waals surface area (Å²) in [5.74, 6) is 1.10. The first-order valence-electron chi connectivity index (χ1n) is 3.86. The summed E-state index contributed by atoms with van der Waals surface area (Å²) in [5, 5.41) is 3.26. The number of benzene rings is 1. The molecule has 1 heterocycles. The van der Waals surface area contributed by atoms with Crippen LogP contribution in [0, 0.1) is 0 Å². The van der Waals surface area contributed by atoms with Gasteiger partial charge < -0.3 is 5.32 Å². The summed E-state index contributed by atoms with van der Waals surface area (Å²) in [4.78, 5) is 11.7. The predicted molar refractivity (Wildman–Crippen MR) is 58.3 cm³/mol. The Morgan fingerprint density at radius 1 is 1.46 bits per heavy atom. The number of thioether (sulfide) groups is 1. The second-order valence-corrected chi connectivity index (χ2v) is 3.79. The van der Waals surface area contributed by atoms with Gasteiger partial charge in [0, 0.05) is 28.4 Å². The third kappa shape index (κ3) is 2.17. The fraction of sp³-hybridized carbons (Fsp3) is 0.222. The minimum atomic E-state index is 0. The molecule has 0 spiro atoms. The number of hydrogen-bond acceptors (Lipinski definition) is 3. The fourth-order valence-electron chi connectivity index (χ4n) is 1.23. The van der Waals surface area contributed by atoms with Gasteiger partial charge in [0.25, 0.3) is 0 Å². The Kier molecular flexibility index (Phi) is 3.63. The summed E-state index contributed by atoms with van der Waals surface area (Å²) >= 11 is 1.83. The summed E-state index contributed by atoms with van der Waals surface area (Å²) in [6.07, 6.45) is 0.876. The van der Waals surface area contributed by atoms with Gasteiger partial charge in [-0.3, -0.25) is 4.79 Å². The second-order valence-electron chi connectivity index (χ2n) is 2.65. The first kappa shape index (κ1) is 10.4. The van der Waals surface area contributed by atoms with Crippen LogP contribution in [-0.4, -0.2) is 18.6 Å². The van der Waals surface area contributed by atoms with Gasteiger partial charge in [-0.25, -0.2) is 0 Å². The molecule has 4 heteroatoms. The van der Waals surface area contributed by atoms with Crippen LogP contribution in [0.5, 0.6) is 0 Å². The first-order chi connectivity index (χ1) is 5.90. The molecule has 0 fully saturated rings. The smallest absolute Gasteiger partial charge is 0.150 e. The number of rotatable bonds is 1. The molecule has 0 atom stereocenters. The average molecular weight is 216 g/mol. The van der Waals surface area contributed by atoms with E-state index >= 15 is 0 Å². The fourth-order valence-corrected chi connectivity index (χ4v) is 2.11. The van der Waals surface area contributed by atoms with Crippen LogP contribution in [-0.2, 0) is 0 Å². The van der Waals surface area contributed by atoms with E-state index in [0.29, 0.717) is 0 Å². The van der Waals surface area contributed by atoms with Crippen LogP contribution in [0.4, 0.5) is 5.69 Å². The standard InChI is InChI=1S/C9H9NOS.ClH/c11-6-7-1-2-9-8(5-7)10-3-4-12-9;/h1-2,5-6,10H,3-4H2;1H. The maximum absolute atomic E-state index is 10.5. The number of fused-ring (bicyclic) bond motifs is 1. The Labute approximate surface area is 87.5 Å². The van der Waals surface area contributed by atoms with Crippen molar-refractivity contribution in [3.05, 3.63) is 23.8 Å². The number of aldehydes is 1. The lowest BCUT2D eigenvalue weighted by Crippen LogP contribution is -2.10. The highest BCUT2D eigenvalue weighted by Crippen LogP contribution is 2.30. The molecular weight excluding hydrogens is 206 g/mol. The van der Waals surface area contributed by atoms with E-state index in [0.717, 1.165) is 29.8 Å². The number of carbonyl (C=O) groups is 1. The number of carbonyl (C=O) groups excluding carboxylic acids is 1. The molecular formula is C9H10ClNOS. The average Bonchev–Trinajstić information content (AvgIpc) is 2.17. The minimum absolute atomic E-state index is 0. The second kappa shape index (κ2) is 4.53. The summed E-state index contributed by atoms with van der Waals surface area (Å²) in [7, 11) is 0. The number of halogens is 1. The highest BCUT2D eigenvalue weighted by molar-refractivity contribution is 7.99. The van der Waals surface area contributed by atoms with E-state index in [4.69, 9.17) is 0 Å². The Hall–Kier alpha value is -0.670. The molecule has 0 saturated heterocycles. The monoisotopic (exact) mass is 215 g/mol. The van der Waals surface area contributed by atoms with Gasteiger partial charge in [0.2, 0.25) is 0 Å². The maximum atomic E-state index is 10.5. The molecule has 0 aliphatic carbocycles. The van der Waals surface area contributed by atoms with Crippen LogP contribution in [0.15, 0.2) is 23.1 Å². The van der Waals surface area contributed by atoms with Crippen LogP contribution in [0.3, 0.4) is 0 Å². The third-order valence-corrected chi connectivity index (χ3v) is 2.89. The summed E-state index contributed by atoms with van der Waals surface area (Å²) in [5.41, 5.74) is 1.83. The molecule has 13 heavy (non-hydrogen) atoms. The summed E-state index contributed by atoms with van der Waals surface area (Å²) in [6, 6.07) is 5.75. The van der Waals surface area contributed by atoms with Crippen LogP contribution < -0.4 is 5.32 Å². The zero-order valence-electron chi connectivity index (χ0n) is 6.95.